The van der Waals surface area contributed by atoms with E-state index in [9.17, 15) is 18.5 Å². The van der Waals surface area contributed by atoms with Crippen molar-refractivity contribution in [2.75, 3.05) is 26.2 Å². The number of carbonyl (C=O) groups excluding carboxylic acids is 1. The average molecular weight is 488 g/mol. The number of sulfonamides is 1. The van der Waals surface area contributed by atoms with Crippen molar-refractivity contribution in [3.8, 4) is 6.07 Å². The van der Waals surface area contributed by atoms with Gasteiger partial charge < -0.3 is 14.0 Å². The Balaban J connectivity index is 1.79. The lowest BCUT2D eigenvalue weighted by molar-refractivity contribution is -0.126. The molecule has 1 amide bonds. The average Bonchev–Trinajstić information content (AvgIpc) is 3.11. The van der Waals surface area contributed by atoms with Gasteiger partial charge in [-0.25, -0.2) is 8.42 Å². The fourth-order valence-electron chi connectivity index (χ4n) is 4.40. The molecule has 3 rings (SSSR count). The van der Waals surface area contributed by atoms with Crippen molar-refractivity contribution in [3.05, 3.63) is 40.0 Å². The van der Waals surface area contributed by atoms with Gasteiger partial charge in [0, 0.05) is 44.1 Å². The molecule has 0 unspecified atom stereocenters. The highest BCUT2D eigenvalue weighted by Gasteiger charge is 2.33. The van der Waals surface area contributed by atoms with Crippen LogP contribution in [-0.4, -0.2) is 59.4 Å². The zero-order chi connectivity index (χ0) is 25.2. The highest BCUT2D eigenvalue weighted by molar-refractivity contribution is 7.89. The predicted octanol–water partition coefficient (Wildman–Crippen LogP) is 3.20. The molecule has 2 aromatic rings. The van der Waals surface area contributed by atoms with E-state index < -0.39 is 10.0 Å². The highest BCUT2D eigenvalue weighted by atomic mass is 32.2. The first-order valence-corrected chi connectivity index (χ1v) is 12.9. The van der Waals surface area contributed by atoms with Crippen molar-refractivity contribution in [2.45, 2.75) is 59.4 Å². The summed E-state index contributed by atoms with van der Waals surface area (Å²) in [4.78, 5) is 14.8. The van der Waals surface area contributed by atoms with E-state index in [1.54, 1.807) is 24.8 Å². The van der Waals surface area contributed by atoms with Gasteiger partial charge >= 0.3 is 0 Å². The monoisotopic (exact) mass is 487 g/mol. The van der Waals surface area contributed by atoms with Gasteiger partial charge in [-0.1, -0.05) is 19.0 Å². The van der Waals surface area contributed by atoms with Gasteiger partial charge in [0.05, 0.1) is 0 Å². The number of nitriles is 1. The van der Waals surface area contributed by atoms with Crippen LogP contribution in [0, 0.1) is 44.9 Å². The van der Waals surface area contributed by atoms with Crippen LogP contribution in [0.3, 0.4) is 0 Å². The smallest absolute Gasteiger partial charge is 0.264 e. The zero-order valence-electron chi connectivity index (χ0n) is 20.8. The Bertz CT molecular complexity index is 1230. The first kappa shape index (κ1) is 25.7. The molecule has 0 saturated carbocycles. The van der Waals surface area contributed by atoms with Crippen molar-refractivity contribution in [3.63, 3.8) is 0 Å². The van der Waals surface area contributed by atoms with Crippen molar-refractivity contribution in [1.82, 2.24) is 18.9 Å². The van der Waals surface area contributed by atoms with Crippen LogP contribution < -0.4 is 0 Å². The Labute approximate surface area is 201 Å². The van der Waals surface area contributed by atoms with Gasteiger partial charge in [0.15, 0.2) is 5.76 Å². The van der Waals surface area contributed by atoms with Gasteiger partial charge in [0.25, 0.3) is 5.91 Å². The van der Waals surface area contributed by atoms with E-state index in [-0.39, 0.29) is 41.8 Å². The van der Waals surface area contributed by atoms with Gasteiger partial charge in [-0.3, -0.25) is 4.79 Å². The number of hydrogen-bond donors (Lipinski definition) is 0. The summed E-state index contributed by atoms with van der Waals surface area (Å²) in [5.41, 5.74) is 3.31. The fourth-order valence-corrected chi connectivity index (χ4v) is 6.16. The standard InChI is InChI=1S/C24H33N5O4S/c1-16(2)15-29-17(3)12-21(19(29)5)13-22(14-25)24(30)27-8-7-9-28(11-10-27)34(31,32)23-18(4)26-33-20(23)6/h12-13,16H,7-11,15H2,1-6H3/b22-13+. The van der Waals surface area contributed by atoms with Crippen LogP contribution in [0.4, 0.5) is 0 Å². The molecule has 0 aliphatic carbocycles. The normalized spacial score (nSPS) is 16.1. The lowest BCUT2D eigenvalue weighted by Crippen LogP contribution is -2.38. The molecular formula is C24H33N5O4S. The summed E-state index contributed by atoms with van der Waals surface area (Å²) in [6.45, 7) is 13.3. The third kappa shape index (κ3) is 5.10. The van der Waals surface area contributed by atoms with Crippen LogP contribution in [0.1, 0.15) is 48.7 Å². The molecule has 1 fully saturated rings. The molecule has 0 N–H and O–H groups in total. The molecule has 1 saturated heterocycles. The van der Waals surface area contributed by atoms with Crippen LogP contribution >= 0.6 is 0 Å². The lowest BCUT2D eigenvalue weighted by atomic mass is 10.1. The molecule has 0 atom stereocenters. The van der Waals surface area contributed by atoms with Gasteiger partial charge in [-0.2, -0.15) is 9.57 Å². The number of amides is 1. The first-order valence-electron chi connectivity index (χ1n) is 11.5. The molecule has 10 heteroatoms. The largest absolute Gasteiger partial charge is 0.360 e. The molecule has 0 spiro atoms. The number of nitrogens with zero attached hydrogens (tertiary/aromatic N) is 5. The molecule has 2 aromatic heterocycles. The summed E-state index contributed by atoms with van der Waals surface area (Å²) < 4.78 is 34.9. The van der Waals surface area contributed by atoms with Crippen LogP contribution in [0.2, 0.25) is 0 Å². The van der Waals surface area contributed by atoms with Crippen molar-refractivity contribution >= 4 is 22.0 Å². The summed E-state index contributed by atoms with van der Waals surface area (Å²) >= 11 is 0. The van der Waals surface area contributed by atoms with Gasteiger partial charge in [0.2, 0.25) is 10.0 Å². The minimum absolute atomic E-state index is 0.0480. The molecule has 9 nitrogen and oxygen atoms in total. The summed E-state index contributed by atoms with van der Waals surface area (Å²) in [6.07, 6.45) is 2.11. The lowest BCUT2D eigenvalue weighted by Gasteiger charge is -2.21. The molecular weight excluding hydrogens is 454 g/mol. The zero-order valence-corrected chi connectivity index (χ0v) is 21.6. The topological polar surface area (TPSA) is 112 Å². The van der Waals surface area contributed by atoms with Crippen LogP contribution in [0.15, 0.2) is 21.1 Å². The highest BCUT2D eigenvalue weighted by Crippen LogP contribution is 2.25. The number of aryl methyl sites for hydroxylation is 3. The maximum absolute atomic E-state index is 13.2. The van der Waals surface area contributed by atoms with E-state index in [1.807, 2.05) is 19.9 Å². The SMILES string of the molecule is Cc1noc(C)c1S(=O)(=O)N1CCCN(C(=O)/C(C#N)=C/c2cc(C)n(CC(C)C)c2C)CC1. The minimum Gasteiger partial charge on any atom is -0.360 e. The molecule has 184 valence electrons. The molecule has 0 aromatic carbocycles. The maximum Gasteiger partial charge on any atom is 0.264 e. The second-order valence-corrected chi connectivity index (χ2v) is 11.1. The van der Waals surface area contributed by atoms with E-state index in [1.165, 1.54) is 4.31 Å². The van der Waals surface area contributed by atoms with Crippen LogP contribution in [0.25, 0.3) is 6.08 Å². The number of aromatic nitrogens is 2. The Kier molecular flexibility index (Phi) is 7.68. The Morgan fingerprint density at radius 2 is 1.91 bits per heavy atom. The van der Waals surface area contributed by atoms with Gasteiger partial charge in [-0.05, 0) is 57.7 Å². The quantitative estimate of drug-likeness (QED) is 0.457. The molecule has 0 bridgehead atoms. The Morgan fingerprint density at radius 1 is 1.21 bits per heavy atom. The van der Waals surface area contributed by atoms with Crippen molar-refractivity contribution in [1.29, 1.82) is 5.26 Å². The van der Waals surface area contributed by atoms with Crippen LogP contribution in [0.5, 0.6) is 0 Å². The predicted molar refractivity (Wildman–Crippen MR) is 128 cm³/mol. The second-order valence-electron chi connectivity index (χ2n) is 9.20. The van der Waals surface area contributed by atoms with Gasteiger partial charge in [0.1, 0.15) is 22.2 Å². The summed E-state index contributed by atoms with van der Waals surface area (Å²) in [6, 6.07) is 4.04. The minimum atomic E-state index is -3.79. The summed E-state index contributed by atoms with van der Waals surface area (Å²) in [7, 11) is -3.79. The van der Waals surface area contributed by atoms with Gasteiger partial charge in [-0.15, -0.1) is 0 Å². The summed E-state index contributed by atoms with van der Waals surface area (Å²) in [5, 5.41) is 13.5. The third-order valence-electron chi connectivity index (χ3n) is 6.12. The molecule has 0 radical (unpaired) electrons. The number of rotatable bonds is 6. The van der Waals surface area contributed by atoms with Crippen molar-refractivity contribution < 1.29 is 17.7 Å². The molecule has 3 heterocycles. The van der Waals surface area contributed by atoms with E-state index in [0.717, 1.165) is 23.5 Å². The number of carbonyl (C=O) groups is 1. The first-order chi connectivity index (χ1) is 16.0. The third-order valence-corrected chi connectivity index (χ3v) is 8.26. The molecule has 1 aliphatic heterocycles. The second kappa shape index (κ2) is 10.2. The molecule has 1 aliphatic rings. The fraction of sp³-hybridized carbons (Fsp3) is 0.542. The van der Waals surface area contributed by atoms with E-state index >= 15 is 0 Å². The van der Waals surface area contributed by atoms with E-state index in [4.69, 9.17) is 4.52 Å². The number of hydrogen-bond acceptors (Lipinski definition) is 6. The Hall–Kier alpha value is -2.90. The molecule has 34 heavy (non-hydrogen) atoms. The Morgan fingerprint density at radius 3 is 2.50 bits per heavy atom. The van der Waals surface area contributed by atoms with E-state index in [2.05, 4.69) is 29.6 Å². The summed E-state index contributed by atoms with van der Waals surface area (Å²) in [5.74, 6) is 0.340. The van der Waals surface area contributed by atoms with Crippen LogP contribution in [-0.2, 0) is 21.4 Å². The maximum atomic E-state index is 13.2. The van der Waals surface area contributed by atoms with Crippen molar-refractivity contribution in [2.24, 2.45) is 5.92 Å². The van der Waals surface area contributed by atoms with E-state index in [0.29, 0.717) is 24.6 Å².